The number of nitrogens with zero attached hydrogens (tertiary/aromatic N) is 3. The van der Waals surface area contributed by atoms with Gasteiger partial charge in [0.15, 0.2) is 11.5 Å². The summed E-state index contributed by atoms with van der Waals surface area (Å²) in [7, 11) is 3.22. The van der Waals surface area contributed by atoms with Gasteiger partial charge in [0.25, 0.3) is 0 Å². The Morgan fingerprint density at radius 1 is 1.03 bits per heavy atom. The maximum atomic E-state index is 9.85. The number of aromatic nitrogens is 2. The van der Waals surface area contributed by atoms with Crippen LogP contribution in [0.5, 0.6) is 17.2 Å². The third-order valence-electron chi connectivity index (χ3n) is 5.26. The number of fused-ring (bicyclic) bond motifs is 1. The van der Waals surface area contributed by atoms with Crippen LogP contribution < -0.4 is 19.5 Å². The van der Waals surface area contributed by atoms with Gasteiger partial charge in [0.1, 0.15) is 29.5 Å². The lowest BCUT2D eigenvalue weighted by Gasteiger charge is -2.14. The zero-order valence-electron chi connectivity index (χ0n) is 19.3. The Bertz CT molecular complexity index is 1390. The van der Waals surface area contributed by atoms with Crippen LogP contribution in [0.1, 0.15) is 23.7 Å². The standard InChI is InChI=1S/C27H24N4O3/c1-17(2)24-15-29-23-11-10-22(21(14-28)27(23)31-24)30-19-7-12-25(26(13-19)33-4)34-16-18-5-8-20(32-3)9-6-18/h5-13,15,30H,1,16H2,2-4H3. The number of nitriles is 1. The monoisotopic (exact) mass is 452 g/mol. The fraction of sp³-hybridized carbons (Fsp3) is 0.148. The van der Waals surface area contributed by atoms with Crippen LogP contribution in [0.2, 0.25) is 0 Å². The van der Waals surface area contributed by atoms with Crippen molar-refractivity contribution >= 4 is 28.0 Å². The predicted molar refractivity (Wildman–Crippen MR) is 133 cm³/mol. The molecule has 0 bridgehead atoms. The highest BCUT2D eigenvalue weighted by Crippen LogP contribution is 2.34. The Morgan fingerprint density at radius 2 is 1.82 bits per heavy atom. The molecule has 0 aliphatic rings. The van der Waals surface area contributed by atoms with Crippen LogP contribution in [0.3, 0.4) is 0 Å². The van der Waals surface area contributed by atoms with Gasteiger partial charge in [0.05, 0.1) is 37.3 Å². The zero-order chi connectivity index (χ0) is 24.1. The van der Waals surface area contributed by atoms with Crippen LogP contribution in [0, 0.1) is 11.3 Å². The van der Waals surface area contributed by atoms with E-state index < -0.39 is 0 Å². The third-order valence-corrected chi connectivity index (χ3v) is 5.26. The van der Waals surface area contributed by atoms with Crippen molar-refractivity contribution in [2.75, 3.05) is 19.5 Å². The molecule has 4 rings (SSSR count). The van der Waals surface area contributed by atoms with Gasteiger partial charge in [-0.15, -0.1) is 0 Å². The van der Waals surface area contributed by atoms with Crippen LogP contribution >= 0.6 is 0 Å². The lowest BCUT2D eigenvalue weighted by molar-refractivity contribution is 0.284. The van der Waals surface area contributed by atoms with Crippen LogP contribution in [0.25, 0.3) is 16.6 Å². The quantitative estimate of drug-likeness (QED) is 0.357. The van der Waals surface area contributed by atoms with E-state index in [0.717, 1.165) is 22.6 Å². The summed E-state index contributed by atoms with van der Waals surface area (Å²) in [4.78, 5) is 8.99. The van der Waals surface area contributed by atoms with E-state index in [-0.39, 0.29) is 0 Å². The first kappa shape index (κ1) is 22.6. The van der Waals surface area contributed by atoms with Gasteiger partial charge in [-0.3, -0.25) is 4.98 Å². The number of benzene rings is 3. The molecule has 0 amide bonds. The van der Waals surface area contributed by atoms with Gasteiger partial charge in [-0.1, -0.05) is 18.7 Å². The molecular weight excluding hydrogens is 428 g/mol. The van der Waals surface area contributed by atoms with Gasteiger partial charge in [0, 0.05) is 11.8 Å². The topological polar surface area (TPSA) is 89.3 Å². The van der Waals surface area contributed by atoms with Crippen molar-refractivity contribution in [3.8, 4) is 23.3 Å². The molecule has 0 spiro atoms. The fourth-order valence-electron chi connectivity index (χ4n) is 3.40. The van der Waals surface area contributed by atoms with Gasteiger partial charge in [-0.05, 0) is 54.5 Å². The Morgan fingerprint density at radius 3 is 2.50 bits per heavy atom. The Hall–Kier alpha value is -4.57. The van der Waals surface area contributed by atoms with E-state index in [0.29, 0.717) is 46.1 Å². The summed E-state index contributed by atoms with van der Waals surface area (Å²) >= 11 is 0. The lowest BCUT2D eigenvalue weighted by Crippen LogP contribution is -2.00. The summed E-state index contributed by atoms with van der Waals surface area (Å²) in [5, 5.41) is 13.1. The average Bonchev–Trinajstić information content (AvgIpc) is 2.87. The summed E-state index contributed by atoms with van der Waals surface area (Å²) in [6.45, 7) is 6.16. The molecule has 0 saturated carbocycles. The predicted octanol–water partition coefficient (Wildman–Crippen LogP) is 5.87. The van der Waals surface area contributed by atoms with Crippen LogP contribution in [0.4, 0.5) is 11.4 Å². The number of anilines is 2. The lowest BCUT2D eigenvalue weighted by atomic mass is 10.1. The van der Waals surface area contributed by atoms with Crippen molar-refractivity contribution < 1.29 is 14.2 Å². The number of rotatable bonds is 8. The molecule has 34 heavy (non-hydrogen) atoms. The molecular formula is C27H24N4O3. The van der Waals surface area contributed by atoms with Gasteiger partial charge in [0.2, 0.25) is 0 Å². The zero-order valence-corrected chi connectivity index (χ0v) is 19.3. The summed E-state index contributed by atoms with van der Waals surface area (Å²) in [6.07, 6.45) is 1.66. The molecule has 0 aliphatic carbocycles. The molecule has 0 saturated heterocycles. The van der Waals surface area contributed by atoms with Gasteiger partial charge < -0.3 is 19.5 Å². The number of hydrogen-bond acceptors (Lipinski definition) is 7. The smallest absolute Gasteiger partial charge is 0.162 e. The number of nitrogens with one attached hydrogen (secondary N) is 1. The Balaban J connectivity index is 1.58. The minimum atomic E-state index is 0.389. The molecule has 7 heteroatoms. The van der Waals surface area contributed by atoms with E-state index in [4.69, 9.17) is 14.2 Å². The maximum absolute atomic E-state index is 9.85. The molecule has 170 valence electrons. The highest BCUT2D eigenvalue weighted by molar-refractivity contribution is 5.89. The van der Waals surface area contributed by atoms with Crippen LogP contribution in [-0.4, -0.2) is 24.2 Å². The molecule has 1 heterocycles. The van der Waals surface area contributed by atoms with Crippen molar-refractivity contribution in [2.45, 2.75) is 13.5 Å². The Kier molecular flexibility index (Phi) is 6.60. The van der Waals surface area contributed by atoms with E-state index in [1.54, 1.807) is 20.4 Å². The summed E-state index contributed by atoms with van der Waals surface area (Å²) < 4.78 is 16.7. The molecule has 1 aromatic heterocycles. The maximum Gasteiger partial charge on any atom is 0.162 e. The Labute approximate surface area is 198 Å². The summed E-state index contributed by atoms with van der Waals surface area (Å²) in [5.74, 6) is 1.98. The van der Waals surface area contributed by atoms with Crippen molar-refractivity contribution in [3.63, 3.8) is 0 Å². The second-order valence-electron chi connectivity index (χ2n) is 7.63. The van der Waals surface area contributed by atoms with Gasteiger partial charge in [-0.2, -0.15) is 5.26 Å². The largest absolute Gasteiger partial charge is 0.497 e. The second-order valence-corrected chi connectivity index (χ2v) is 7.63. The summed E-state index contributed by atoms with van der Waals surface area (Å²) in [6, 6.07) is 19.1. The summed E-state index contributed by atoms with van der Waals surface area (Å²) in [5.41, 5.74) is 5.40. The molecule has 0 unspecified atom stereocenters. The average molecular weight is 453 g/mol. The number of allylic oxidation sites excluding steroid dienone is 1. The molecule has 7 nitrogen and oxygen atoms in total. The molecule has 0 aliphatic heterocycles. The SMILES string of the molecule is C=C(C)c1cnc2ccc(Nc3ccc(OCc4ccc(OC)cc4)c(OC)c3)c(C#N)c2n1. The minimum Gasteiger partial charge on any atom is -0.497 e. The molecule has 0 fully saturated rings. The van der Waals surface area contributed by atoms with Crippen molar-refractivity contribution in [2.24, 2.45) is 0 Å². The van der Waals surface area contributed by atoms with Crippen molar-refractivity contribution in [1.29, 1.82) is 5.26 Å². The van der Waals surface area contributed by atoms with E-state index in [9.17, 15) is 5.26 Å². The van der Waals surface area contributed by atoms with Crippen molar-refractivity contribution in [3.05, 3.63) is 84.2 Å². The number of hydrogen-bond donors (Lipinski definition) is 1. The van der Waals surface area contributed by atoms with Crippen LogP contribution in [0.15, 0.2) is 67.4 Å². The second kappa shape index (κ2) is 9.92. The molecule has 4 aromatic rings. The molecule has 0 radical (unpaired) electrons. The van der Waals surface area contributed by atoms with E-state index in [1.807, 2.05) is 61.5 Å². The van der Waals surface area contributed by atoms with Gasteiger partial charge >= 0.3 is 0 Å². The van der Waals surface area contributed by atoms with Crippen molar-refractivity contribution in [1.82, 2.24) is 9.97 Å². The van der Waals surface area contributed by atoms with Crippen LogP contribution in [-0.2, 0) is 6.61 Å². The minimum absolute atomic E-state index is 0.389. The number of ether oxygens (including phenoxy) is 3. The normalized spacial score (nSPS) is 10.4. The number of methoxy groups -OCH3 is 2. The molecule has 0 atom stereocenters. The third kappa shape index (κ3) is 4.76. The first-order chi connectivity index (χ1) is 16.5. The van der Waals surface area contributed by atoms with E-state index in [2.05, 4.69) is 27.9 Å². The molecule has 1 N–H and O–H groups in total. The molecule has 3 aromatic carbocycles. The van der Waals surface area contributed by atoms with E-state index >= 15 is 0 Å². The van der Waals surface area contributed by atoms with Gasteiger partial charge in [-0.25, -0.2) is 4.98 Å². The first-order valence-electron chi connectivity index (χ1n) is 10.6. The highest BCUT2D eigenvalue weighted by Gasteiger charge is 2.13. The highest BCUT2D eigenvalue weighted by atomic mass is 16.5. The van der Waals surface area contributed by atoms with E-state index in [1.165, 1.54) is 0 Å². The fourth-order valence-corrected chi connectivity index (χ4v) is 3.40. The first-order valence-corrected chi connectivity index (χ1v) is 10.6.